The number of hydrogen-bond donors (Lipinski definition) is 1. The van der Waals surface area contributed by atoms with Crippen LogP contribution in [0.15, 0.2) is 52.7 Å². The molecule has 1 fully saturated rings. The maximum absolute atomic E-state index is 13.1. The summed E-state index contributed by atoms with van der Waals surface area (Å²) in [6.45, 7) is 1.49. The normalized spacial score (nSPS) is 19.1. The van der Waals surface area contributed by atoms with Crippen molar-refractivity contribution in [1.29, 1.82) is 0 Å². The second-order valence-electron chi connectivity index (χ2n) is 7.27. The smallest absolute Gasteiger partial charge is 0.339 e. The van der Waals surface area contributed by atoms with Gasteiger partial charge in [-0.3, -0.25) is 9.59 Å². The van der Waals surface area contributed by atoms with Crippen LogP contribution < -0.4 is 5.32 Å². The molecule has 4 rings (SSSR count). The summed E-state index contributed by atoms with van der Waals surface area (Å²) in [6.07, 6.45) is -1.45. The van der Waals surface area contributed by atoms with Crippen molar-refractivity contribution >= 4 is 23.2 Å². The lowest BCUT2D eigenvalue weighted by atomic mass is 10.0. The molecule has 0 radical (unpaired) electrons. The molecule has 9 heteroatoms. The average molecular weight is 416 g/mol. The second kappa shape index (κ2) is 7.89. The van der Waals surface area contributed by atoms with Gasteiger partial charge in [-0.15, -0.1) is 0 Å². The van der Waals surface area contributed by atoms with E-state index in [0.717, 1.165) is 38.4 Å². The van der Waals surface area contributed by atoms with Gasteiger partial charge in [0.15, 0.2) is 6.04 Å². The second-order valence-corrected chi connectivity index (χ2v) is 7.27. The Morgan fingerprint density at radius 1 is 1.03 bits per heavy atom. The number of halogens is 3. The Labute approximate surface area is 170 Å². The number of piperidine rings is 1. The summed E-state index contributed by atoms with van der Waals surface area (Å²) in [5.41, 5.74) is -0.114. The first-order chi connectivity index (χ1) is 14.3. The predicted molar refractivity (Wildman–Crippen MR) is 104 cm³/mol. The van der Waals surface area contributed by atoms with E-state index in [4.69, 9.17) is 0 Å². The zero-order chi connectivity index (χ0) is 21.3. The van der Waals surface area contributed by atoms with Gasteiger partial charge in [-0.1, -0.05) is 12.1 Å². The highest BCUT2D eigenvalue weighted by molar-refractivity contribution is 6.03. The quantitative estimate of drug-likeness (QED) is 0.706. The molecule has 2 aromatic carbocycles. The Morgan fingerprint density at radius 2 is 1.73 bits per heavy atom. The first kappa shape index (κ1) is 20.1. The van der Waals surface area contributed by atoms with Crippen molar-refractivity contribution in [2.45, 2.75) is 31.5 Å². The highest BCUT2D eigenvalue weighted by Crippen LogP contribution is 2.43. The van der Waals surface area contributed by atoms with Gasteiger partial charge in [-0.2, -0.15) is 23.4 Å². The molecule has 1 saturated heterocycles. The molecular formula is C21H19F3N4O2. The molecule has 1 N–H and O–H groups in total. The van der Waals surface area contributed by atoms with E-state index in [1.807, 2.05) is 4.90 Å². The zero-order valence-electron chi connectivity index (χ0n) is 15.9. The number of nitrogens with one attached hydrogen (secondary N) is 1. The van der Waals surface area contributed by atoms with Crippen molar-refractivity contribution < 1.29 is 22.8 Å². The van der Waals surface area contributed by atoms with Gasteiger partial charge in [0.25, 0.3) is 11.8 Å². The van der Waals surface area contributed by atoms with E-state index in [2.05, 4.69) is 15.5 Å². The molecule has 2 heterocycles. The minimum absolute atomic E-state index is 0.0398. The van der Waals surface area contributed by atoms with E-state index >= 15 is 0 Å². The lowest BCUT2D eigenvalue weighted by Crippen LogP contribution is -2.35. The molecule has 0 aromatic heterocycles. The van der Waals surface area contributed by atoms with Gasteiger partial charge >= 0.3 is 6.18 Å². The number of para-hydroxylation sites is 1. The highest BCUT2D eigenvalue weighted by atomic mass is 19.4. The minimum atomic E-state index is -4.58. The number of alkyl halides is 3. The lowest BCUT2D eigenvalue weighted by molar-refractivity contribution is -0.136. The van der Waals surface area contributed by atoms with E-state index < -0.39 is 23.7 Å². The highest BCUT2D eigenvalue weighted by Gasteiger charge is 2.40. The van der Waals surface area contributed by atoms with Gasteiger partial charge in [0.1, 0.15) is 0 Å². The molecule has 0 bridgehead atoms. The van der Waals surface area contributed by atoms with Crippen LogP contribution in [0.5, 0.6) is 0 Å². The molecule has 2 amide bonds. The van der Waals surface area contributed by atoms with E-state index in [1.165, 1.54) is 12.1 Å². The molecule has 2 aromatic rings. The molecule has 30 heavy (non-hydrogen) atoms. The van der Waals surface area contributed by atoms with Crippen LogP contribution >= 0.6 is 0 Å². The third kappa shape index (κ3) is 3.92. The van der Waals surface area contributed by atoms with Crippen LogP contribution in [0.3, 0.4) is 0 Å². The number of azo groups is 1. The van der Waals surface area contributed by atoms with Crippen molar-refractivity contribution in [2.75, 3.05) is 18.4 Å². The number of benzene rings is 2. The minimum Gasteiger partial charge on any atom is -0.339 e. The average Bonchev–Trinajstić information content (AvgIpc) is 3.07. The number of hydrogen-bond acceptors (Lipinski definition) is 4. The first-order valence-corrected chi connectivity index (χ1v) is 9.66. The summed E-state index contributed by atoms with van der Waals surface area (Å²) in [6, 6.07) is 8.89. The number of amides is 2. The molecule has 1 unspecified atom stereocenters. The van der Waals surface area contributed by atoms with Crippen LogP contribution in [-0.2, 0) is 11.0 Å². The Hall–Kier alpha value is -3.23. The predicted octanol–water partition coefficient (Wildman–Crippen LogP) is 5.11. The number of likely N-dealkylation sites (tertiary alicyclic amines) is 1. The van der Waals surface area contributed by atoms with E-state index in [1.54, 1.807) is 24.3 Å². The third-order valence-corrected chi connectivity index (χ3v) is 5.24. The Balaban J connectivity index is 1.51. The molecule has 6 nitrogen and oxygen atoms in total. The number of fused-ring (bicyclic) bond motifs is 1. The number of carbonyl (C=O) groups is 2. The van der Waals surface area contributed by atoms with Crippen LogP contribution in [0.1, 0.15) is 46.8 Å². The third-order valence-electron chi connectivity index (χ3n) is 5.24. The van der Waals surface area contributed by atoms with Crippen molar-refractivity contribution in [2.24, 2.45) is 10.2 Å². The largest absolute Gasteiger partial charge is 0.418 e. The monoisotopic (exact) mass is 416 g/mol. The van der Waals surface area contributed by atoms with Crippen LogP contribution in [0.25, 0.3) is 0 Å². The van der Waals surface area contributed by atoms with E-state index in [-0.39, 0.29) is 17.2 Å². The fourth-order valence-corrected chi connectivity index (χ4v) is 3.70. The van der Waals surface area contributed by atoms with Crippen LogP contribution in [0.4, 0.5) is 24.5 Å². The lowest BCUT2D eigenvalue weighted by Gasteiger charge is -2.26. The van der Waals surface area contributed by atoms with Crippen molar-refractivity contribution in [3.63, 3.8) is 0 Å². The summed E-state index contributed by atoms with van der Waals surface area (Å²) < 4.78 is 39.4. The van der Waals surface area contributed by atoms with Gasteiger partial charge in [-0.25, -0.2) is 0 Å². The maximum Gasteiger partial charge on any atom is 0.418 e. The van der Waals surface area contributed by atoms with E-state index in [0.29, 0.717) is 11.3 Å². The van der Waals surface area contributed by atoms with Crippen LogP contribution in [-0.4, -0.2) is 29.8 Å². The van der Waals surface area contributed by atoms with E-state index in [9.17, 15) is 22.8 Å². The molecule has 2 aliphatic rings. The summed E-state index contributed by atoms with van der Waals surface area (Å²) in [5.74, 6) is -0.704. The Bertz CT molecular complexity index is 996. The Morgan fingerprint density at radius 3 is 2.40 bits per heavy atom. The van der Waals surface area contributed by atoms with Gasteiger partial charge in [0.2, 0.25) is 0 Å². The Kier molecular flexibility index (Phi) is 5.27. The SMILES string of the molecule is O=C1Nc2c(cccc2C(F)(F)F)C1N=Nc1ccc(C(=O)N2CCCCC2)cc1. The van der Waals surface area contributed by atoms with Crippen LogP contribution in [0.2, 0.25) is 0 Å². The van der Waals surface area contributed by atoms with Crippen molar-refractivity contribution in [3.05, 3.63) is 59.2 Å². The number of carbonyl (C=O) groups excluding carboxylic acids is 2. The zero-order valence-corrected chi connectivity index (χ0v) is 15.9. The van der Waals surface area contributed by atoms with Crippen LogP contribution in [0, 0.1) is 0 Å². The fourth-order valence-electron chi connectivity index (χ4n) is 3.70. The molecule has 0 saturated carbocycles. The molecule has 156 valence electrons. The molecule has 0 spiro atoms. The summed E-state index contributed by atoms with van der Waals surface area (Å²) >= 11 is 0. The fraction of sp³-hybridized carbons (Fsp3) is 0.333. The van der Waals surface area contributed by atoms with Gasteiger partial charge in [-0.05, 0) is 49.6 Å². The van der Waals surface area contributed by atoms with Gasteiger partial charge < -0.3 is 10.2 Å². The first-order valence-electron chi connectivity index (χ1n) is 9.66. The van der Waals surface area contributed by atoms with Crippen molar-refractivity contribution in [3.8, 4) is 0 Å². The number of anilines is 1. The number of nitrogens with zero attached hydrogens (tertiary/aromatic N) is 3. The summed E-state index contributed by atoms with van der Waals surface area (Å²) in [5, 5.41) is 10.2. The topological polar surface area (TPSA) is 74.1 Å². The molecular weight excluding hydrogens is 397 g/mol. The standard InChI is InChI=1S/C21H19F3N4O2/c22-21(23,24)16-6-4-5-15-17(16)25-19(29)18(15)27-26-14-9-7-13(8-10-14)20(30)28-11-2-1-3-12-28/h4-10,18H,1-3,11-12H2,(H,25,29). The van der Waals surface area contributed by atoms with Gasteiger partial charge in [0, 0.05) is 24.2 Å². The number of rotatable bonds is 3. The molecule has 2 aliphatic heterocycles. The summed E-state index contributed by atoms with van der Waals surface area (Å²) in [7, 11) is 0. The molecule has 1 atom stereocenters. The van der Waals surface area contributed by atoms with Gasteiger partial charge in [0.05, 0.1) is 16.9 Å². The molecule has 0 aliphatic carbocycles. The summed E-state index contributed by atoms with van der Waals surface area (Å²) in [4.78, 5) is 26.5. The maximum atomic E-state index is 13.1. The van der Waals surface area contributed by atoms with Crippen molar-refractivity contribution in [1.82, 2.24) is 4.90 Å².